The molecule has 0 aromatic rings. The van der Waals surface area contributed by atoms with Crippen LogP contribution in [-0.2, 0) is 28.6 Å². The van der Waals surface area contributed by atoms with Crippen LogP contribution in [0.4, 0.5) is 0 Å². The summed E-state index contributed by atoms with van der Waals surface area (Å²) in [5.41, 5.74) is 0. The Bertz CT molecular complexity index is 1080. The zero-order valence-corrected chi connectivity index (χ0v) is 36.4. The van der Waals surface area contributed by atoms with Gasteiger partial charge >= 0.3 is 17.9 Å². The summed E-state index contributed by atoms with van der Waals surface area (Å²) >= 11 is 0. The first-order valence-electron chi connectivity index (χ1n) is 22.9. The second-order valence-corrected chi connectivity index (χ2v) is 14.9. The minimum absolute atomic E-state index is 0.102. The van der Waals surface area contributed by atoms with E-state index in [0.29, 0.717) is 19.3 Å². The van der Waals surface area contributed by atoms with Gasteiger partial charge in [0.05, 0.1) is 0 Å². The summed E-state index contributed by atoms with van der Waals surface area (Å²) in [4.78, 5) is 37.7. The number of unbranched alkanes of at least 4 members (excludes halogenated alkanes) is 17. The van der Waals surface area contributed by atoms with Crippen LogP contribution in [0.2, 0.25) is 0 Å². The second kappa shape index (κ2) is 44.6. The SMILES string of the molecule is CC/C=C\C/C=C\C/C=C\CCCCCCC(=O)OCC(COC(=O)CCC/C=C\C/C=C\C/C=C\CC)OC(=O)CCCCCCCCCCCCCCC. The highest BCUT2D eigenvalue weighted by Crippen LogP contribution is 2.14. The molecule has 0 bridgehead atoms. The number of carbonyl (C=O) groups is 3. The Labute approximate surface area is 344 Å². The topological polar surface area (TPSA) is 78.9 Å². The quantitative estimate of drug-likeness (QED) is 0.0267. The third-order valence-corrected chi connectivity index (χ3v) is 9.46. The van der Waals surface area contributed by atoms with Gasteiger partial charge in [-0.1, -0.05) is 184 Å². The van der Waals surface area contributed by atoms with E-state index in [4.69, 9.17) is 14.2 Å². The average Bonchev–Trinajstić information content (AvgIpc) is 3.19. The lowest BCUT2D eigenvalue weighted by atomic mass is 10.0. The number of hydrogen-bond donors (Lipinski definition) is 0. The lowest BCUT2D eigenvalue weighted by molar-refractivity contribution is -0.167. The molecule has 0 radical (unpaired) electrons. The van der Waals surface area contributed by atoms with Crippen molar-refractivity contribution in [2.24, 2.45) is 0 Å². The molecule has 0 aromatic carbocycles. The molecule has 0 saturated heterocycles. The van der Waals surface area contributed by atoms with Gasteiger partial charge in [-0.15, -0.1) is 0 Å². The third-order valence-electron chi connectivity index (χ3n) is 9.46. The molecule has 320 valence electrons. The predicted molar refractivity (Wildman–Crippen MR) is 238 cm³/mol. The van der Waals surface area contributed by atoms with Crippen molar-refractivity contribution in [3.63, 3.8) is 0 Å². The van der Waals surface area contributed by atoms with Gasteiger partial charge in [0.25, 0.3) is 0 Å². The maximum Gasteiger partial charge on any atom is 0.306 e. The lowest BCUT2D eigenvalue weighted by Crippen LogP contribution is -2.30. The molecule has 0 aliphatic carbocycles. The highest BCUT2D eigenvalue weighted by Gasteiger charge is 2.19. The van der Waals surface area contributed by atoms with Crippen LogP contribution in [0.3, 0.4) is 0 Å². The van der Waals surface area contributed by atoms with E-state index < -0.39 is 6.10 Å². The molecular formula is C50H84O6. The van der Waals surface area contributed by atoms with Crippen molar-refractivity contribution >= 4 is 17.9 Å². The van der Waals surface area contributed by atoms with E-state index in [1.807, 2.05) is 0 Å². The first-order valence-corrected chi connectivity index (χ1v) is 22.9. The second-order valence-electron chi connectivity index (χ2n) is 14.9. The Morgan fingerprint density at radius 2 is 0.714 bits per heavy atom. The van der Waals surface area contributed by atoms with Crippen molar-refractivity contribution in [2.45, 2.75) is 213 Å². The van der Waals surface area contributed by atoms with E-state index in [1.165, 1.54) is 64.2 Å². The van der Waals surface area contributed by atoms with E-state index in [1.54, 1.807) is 0 Å². The number of rotatable bonds is 40. The molecule has 0 amide bonds. The minimum Gasteiger partial charge on any atom is -0.462 e. The average molecular weight is 781 g/mol. The Balaban J connectivity index is 4.47. The molecule has 0 fully saturated rings. The van der Waals surface area contributed by atoms with Gasteiger partial charge in [-0.3, -0.25) is 14.4 Å². The fourth-order valence-electron chi connectivity index (χ4n) is 6.07. The van der Waals surface area contributed by atoms with Gasteiger partial charge in [0, 0.05) is 19.3 Å². The summed E-state index contributed by atoms with van der Waals surface area (Å²) in [5, 5.41) is 0. The van der Waals surface area contributed by atoms with Crippen LogP contribution in [0.15, 0.2) is 72.9 Å². The zero-order valence-electron chi connectivity index (χ0n) is 36.4. The van der Waals surface area contributed by atoms with Crippen LogP contribution in [0.25, 0.3) is 0 Å². The van der Waals surface area contributed by atoms with E-state index in [-0.39, 0.29) is 37.5 Å². The molecule has 0 aliphatic heterocycles. The molecule has 1 atom stereocenters. The third kappa shape index (κ3) is 42.0. The molecule has 0 aromatic heterocycles. The number of allylic oxidation sites excluding steroid dienone is 12. The van der Waals surface area contributed by atoms with Crippen molar-refractivity contribution < 1.29 is 28.6 Å². The van der Waals surface area contributed by atoms with Crippen molar-refractivity contribution in [3.8, 4) is 0 Å². The maximum atomic E-state index is 12.7. The van der Waals surface area contributed by atoms with Crippen LogP contribution >= 0.6 is 0 Å². The van der Waals surface area contributed by atoms with Crippen LogP contribution in [0, 0.1) is 0 Å². The molecule has 0 heterocycles. The van der Waals surface area contributed by atoms with Gasteiger partial charge in [-0.05, 0) is 77.0 Å². The first kappa shape index (κ1) is 52.9. The van der Waals surface area contributed by atoms with Crippen LogP contribution < -0.4 is 0 Å². The first-order chi connectivity index (χ1) is 27.5. The van der Waals surface area contributed by atoms with Crippen molar-refractivity contribution in [1.82, 2.24) is 0 Å². The molecule has 6 heteroatoms. The summed E-state index contributed by atoms with van der Waals surface area (Å²) in [6.45, 7) is 6.32. The number of esters is 3. The predicted octanol–water partition coefficient (Wildman–Crippen LogP) is 14.7. The molecule has 6 nitrogen and oxygen atoms in total. The molecular weight excluding hydrogens is 697 g/mol. The van der Waals surface area contributed by atoms with Crippen molar-refractivity contribution in [3.05, 3.63) is 72.9 Å². The lowest BCUT2D eigenvalue weighted by Gasteiger charge is -2.18. The molecule has 1 unspecified atom stereocenters. The van der Waals surface area contributed by atoms with Gasteiger partial charge in [-0.25, -0.2) is 0 Å². The largest absolute Gasteiger partial charge is 0.462 e. The fraction of sp³-hybridized carbons (Fsp3) is 0.700. The number of carbonyl (C=O) groups excluding carboxylic acids is 3. The van der Waals surface area contributed by atoms with Gasteiger partial charge < -0.3 is 14.2 Å². The van der Waals surface area contributed by atoms with E-state index in [2.05, 4.69) is 93.7 Å². The Kier molecular flexibility index (Phi) is 42.1. The highest BCUT2D eigenvalue weighted by molar-refractivity contribution is 5.71. The summed E-state index contributed by atoms with van der Waals surface area (Å²) in [5.74, 6) is -0.982. The molecule has 0 spiro atoms. The normalized spacial score (nSPS) is 12.7. The molecule has 56 heavy (non-hydrogen) atoms. The fourth-order valence-corrected chi connectivity index (χ4v) is 6.07. The van der Waals surface area contributed by atoms with E-state index in [0.717, 1.165) is 96.3 Å². The van der Waals surface area contributed by atoms with Crippen LogP contribution in [-0.4, -0.2) is 37.2 Å². The van der Waals surface area contributed by atoms with Gasteiger partial charge in [0.15, 0.2) is 6.10 Å². The summed E-state index contributed by atoms with van der Waals surface area (Å²) in [6, 6.07) is 0. The van der Waals surface area contributed by atoms with Crippen molar-refractivity contribution in [2.75, 3.05) is 13.2 Å². The summed E-state index contributed by atoms with van der Waals surface area (Å²) < 4.78 is 16.6. The zero-order chi connectivity index (χ0) is 40.8. The monoisotopic (exact) mass is 781 g/mol. The Hall–Kier alpha value is -3.15. The van der Waals surface area contributed by atoms with E-state index >= 15 is 0 Å². The Morgan fingerprint density at radius 3 is 1.16 bits per heavy atom. The van der Waals surface area contributed by atoms with Crippen LogP contribution in [0.1, 0.15) is 207 Å². The van der Waals surface area contributed by atoms with E-state index in [9.17, 15) is 14.4 Å². The summed E-state index contributed by atoms with van der Waals surface area (Å²) in [6.07, 6.45) is 54.6. The maximum absolute atomic E-state index is 12.7. The van der Waals surface area contributed by atoms with Gasteiger partial charge in [0.1, 0.15) is 13.2 Å². The molecule has 0 aliphatic rings. The highest BCUT2D eigenvalue weighted by atomic mass is 16.6. The van der Waals surface area contributed by atoms with Crippen LogP contribution in [0.5, 0.6) is 0 Å². The number of hydrogen-bond acceptors (Lipinski definition) is 6. The Morgan fingerprint density at radius 1 is 0.375 bits per heavy atom. The standard InChI is InChI=1S/C50H84O6/c1-4-7-10-13-16-19-22-24-26-28-31-34-37-40-43-49(52)55-46-47(45-54-48(51)42-39-36-33-30-27-21-18-15-12-9-6-3)56-50(53)44-41-38-35-32-29-25-23-20-17-14-11-8-5-2/h7,9-10,12,16,18-19,21,24,26,30,33,47H,4-6,8,11,13-15,17,20,22-23,25,27-29,31-32,34-46H2,1-3H3/b10-7-,12-9-,19-16-,21-18-,26-24-,33-30-. The van der Waals surface area contributed by atoms with Gasteiger partial charge in [0.2, 0.25) is 0 Å². The molecule has 0 rings (SSSR count). The molecule has 0 saturated carbocycles. The minimum atomic E-state index is -0.800. The molecule has 0 N–H and O–H groups in total. The van der Waals surface area contributed by atoms with Crippen molar-refractivity contribution in [1.29, 1.82) is 0 Å². The summed E-state index contributed by atoms with van der Waals surface area (Å²) in [7, 11) is 0. The smallest absolute Gasteiger partial charge is 0.306 e. The number of ether oxygens (including phenoxy) is 3. The van der Waals surface area contributed by atoms with Gasteiger partial charge in [-0.2, -0.15) is 0 Å².